The third kappa shape index (κ3) is 3.28. The first-order valence-corrected chi connectivity index (χ1v) is 6.36. The summed E-state index contributed by atoms with van der Waals surface area (Å²) in [5.41, 5.74) is 0. The van der Waals surface area contributed by atoms with Crippen LogP contribution in [0.4, 0.5) is 0 Å². The first-order valence-electron chi connectivity index (χ1n) is 6.36. The molecule has 6 nitrogen and oxygen atoms in total. The Morgan fingerprint density at radius 3 is 2.83 bits per heavy atom. The minimum atomic E-state index is 0.153. The smallest absolute Gasteiger partial charge is 0.233 e. The lowest BCUT2D eigenvalue weighted by molar-refractivity contribution is -0.0529. The zero-order chi connectivity index (χ0) is 13.1. The van der Waals surface area contributed by atoms with E-state index in [1.807, 2.05) is 6.92 Å². The van der Waals surface area contributed by atoms with Gasteiger partial charge in [-0.2, -0.15) is 0 Å². The van der Waals surface area contributed by atoms with Crippen LogP contribution in [-0.4, -0.2) is 66.4 Å². The van der Waals surface area contributed by atoms with Crippen molar-refractivity contribution in [3.8, 4) is 0 Å². The third-order valence-corrected chi connectivity index (χ3v) is 3.19. The van der Waals surface area contributed by atoms with Crippen molar-refractivity contribution in [2.75, 3.05) is 40.3 Å². The minimum absolute atomic E-state index is 0.153. The number of likely N-dealkylation sites (N-methyl/N-ethyl adjacent to an activating group) is 1. The number of ether oxygens (including phenoxy) is 1. The molecule has 0 saturated carbocycles. The maximum absolute atomic E-state index is 5.76. The molecule has 0 aromatic carbocycles. The lowest BCUT2D eigenvalue weighted by atomic mass is 10.2. The number of rotatable bonds is 4. The molecule has 2 atom stereocenters. The van der Waals surface area contributed by atoms with Gasteiger partial charge in [0.25, 0.3) is 0 Å². The summed E-state index contributed by atoms with van der Waals surface area (Å²) in [5, 5.41) is 7.98. The normalized spacial score (nSPS) is 23.5. The fraction of sp³-hybridized carbons (Fsp3) is 0.833. The van der Waals surface area contributed by atoms with Crippen LogP contribution in [0.2, 0.25) is 0 Å². The van der Waals surface area contributed by atoms with Crippen LogP contribution in [-0.2, 0) is 4.74 Å². The first kappa shape index (κ1) is 13.5. The summed E-state index contributed by atoms with van der Waals surface area (Å²) in [5.74, 6) is 1.31. The lowest BCUT2D eigenvalue weighted by Crippen LogP contribution is -2.47. The summed E-state index contributed by atoms with van der Waals surface area (Å²) >= 11 is 0. The summed E-state index contributed by atoms with van der Waals surface area (Å²) in [6, 6.07) is 0.153. The number of aromatic nitrogens is 2. The summed E-state index contributed by atoms with van der Waals surface area (Å²) in [7, 11) is 4.13. The van der Waals surface area contributed by atoms with Gasteiger partial charge in [0.05, 0.1) is 18.8 Å². The van der Waals surface area contributed by atoms with Gasteiger partial charge in [-0.15, -0.1) is 10.2 Å². The van der Waals surface area contributed by atoms with Gasteiger partial charge >= 0.3 is 0 Å². The molecule has 2 heterocycles. The van der Waals surface area contributed by atoms with Gasteiger partial charge in [0.1, 0.15) is 0 Å². The van der Waals surface area contributed by atoms with E-state index in [0.29, 0.717) is 11.8 Å². The molecule has 102 valence electrons. The highest BCUT2D eigenvalue weighted by Gasteiger charge is 2.27. The molecule has 1 aliphatic rings. The number of morpholine rings is 1. The maximum atomic E-state index is 5.76. The molecule has 1 aromatic rings. The van der Waals surface area contributed by atoms with Crippen LogP contribution < -0.4 is 0 Å². The van der Waals surface area contributed by atoms with Crippen LogP contribution in [0.1, 0.15) is 24.7 Å². The van der Waals surface area contributed by atoms with Crippen LogP contribution in [0, 0.1) is 6.92 Å². The van der Waals surface area contributed by atoms with Crippen LogP contribution in [0.25, 0.3) is 0 Å². The fourth-order valence-electron chi connectivity index (χ4n) is 2.25. The van der Waals surface area contributed by atoms with Crippen molar-refractivity contribution in [3.05, 3.63) is 11.8 Å². The number of hydrogen-bond donors (Lipinski definition) is 0. The number of hydrogen-bond acceptors (Lipinski definition) is 6. The Balaban J connectivity index is 1.95. The van der Waals surface area contributed by atoms with Crippen molar-refractivity contribution in [2.24, 2.45) is 0 Å². The van der Waals surface area contributed by atoms with E-state index in [-0.39, 0.29) is 12.1 Å². The number of nitrogens with zero attached hydrogens (tertiary/aromatic N) is 4. The Bertz CT molecular complexity index is 380. The topological polar surface area (TPSA) is 54.6 Å². The highest BCUT2D eigenvalue weighted by molar-refractivity contribution is 4.90. The molecule has 2 unspecified atom stereocenters. The van der Waals surface area contributed by atoms with Crippen molar-refractivity contribution in [3.63, 3.8) is 0 Å². The predicted octanol–water partition coefficient (Wildman–Crippen LogP) is 0.701. The molecule has 0 spiro atoms. The molecule has 0 radical (unpaired) electrons. The van der Waals surface area contributed by atoms with Crippen LogP contribution >= 0.6 is 0 Å². The summed E-state index contributed by atoms with van der Waals surface area (Å²) in [4.78, 5) is 4.49. The highest BCUT2D eigenvalue weighted by Crippen LogP contribution is 2.21. The van der Waals surface area contributed by atoms with Crippen LogP contribution in [0.3, 0.4) is 0 Å². The summed E-state index contributed by atoms with van der Waals surface area (Å²) in [6.45, 7) is 7.43. The molecule has 6 heteroatoms. The van der Waals surface area contributed by atoms with Crippen LogP contribution in [0.15, 0.2) is 4.42 Å². The van der Waals surface area contributed by atoms with Crippen molar-refractivity contribution < 1.29 is 9.15 Å². The average molecular weight is 254 g/mol. The molecule has 1 aromatic heterocycles. The van der Waals surface area contributed by atoms with Crippen molar-refractivity contribution in [2.45, 2.75) is 26.0 Å². The molecule has 0 N–H and O–H groups in total. The Morgan fingerprint density at radius 2 is 2.22 bits per heavy atom. The van der Waals surface area contributed by atoms with E-state index in [1.165, 1.54) is 0 Å². The Hall–Kier alpha value is -0.980. The Morgan fingerprint density at radius 1 is 1.44 bits per heavy atom. The van der Waals surface area contributed by atoms with E-state index in [1.54, 1.807) is 0 Å². The van der Waals surface area contributed by atoms with Gasteiger partial charge in [0, 0.05) is 26.6 Å². The van der Waals surface area contributed by atoms with E-state index in [0.717, 1.165) is 26.2 Å². The number of aryl methyl sites for hydroxylation is 1. The van der Waals surface area contributed by atoms with E-state index < -0.39 is 0 Å². The average Bonchev–Trinajstić information content (AvgIpc) is 2.74. The van der Waals surface area contributed by atoms with E-state index >= 15 is 0 Å². The molecule has 1 saturated heterocycles. The summed E-state index contributed by atoms with van der Waals surface area (Å²) < 4.78 is 11.3. The van der Waals surface area contributed by atoms with Gasteiger partial charge in [-0.05, 0) is 21.0 Å². The molecule has 0 bridgehead atoms. The first-order chi connectivity index (χ1) is 8.56. The predicted molar refractivity (Wildman–Crippen MR) is 67.3 cm³/mol. The van der Waals surface area contributed by atoms with Gasteiger partial charge < -0.3 is 14.1 Å². The molecule has 0 amide bonds. The van der Waals surface area contributed by atoms with E-state index in [4.69, 9.17) is 9.15 Å². The standard InChI is InChI=1S/C12H22N4O2/c1-9(12-14-13-10(2)18-12)16-5-6-17-11(8-16)7-15(3)4/h9,11H,5-8H2,1-4H3. The molecular formula is C12H22N4O2. The van der Waals surface area contributed by atoms with Crippen molar-refractivity contribution in [1.82, 2.24) is 20.0 Å². The molecule has 1 fully saturated rings. The largest absolute Gasteiger partial charge is 0.424 e. The van der Waals surface area contributed by atoms with Gasteiger partial charge in [-0.3, -0.25) is 4.90 Å². The second-order valence-corrected chi connectivity index (χ2v) is 5.09. The highest BCUT2D eigenvalue weighted by atomic mass is 16.5. The molecule has 2 rings (SSSR count). The van der Waals surface area contributed by atoms with Gasteiger partial charge in [0.15, 0.2) is 0 Å². The zero-order valence-electron chi connectivity index (χ0n) is 11.6. The van der Waals surface area contributed by atoms with Crippen LogP contribution in [0.5, 0.6) is 0 Å². The Labute approximate surface area is 108 Å². The second-order valence-electron chi connectivity index (χ2n) is 5.09. The fourth-order valence-corrected chi connectivity index (χ4v) is 2.25. The van der Waals surface area contributed by atoms with Gasteiger partial charge in [0.2, 0.25) is 11.8 Å². The minimum Gasteiger partial charge on any atom is -0.424 e. The van der Waals surface area contributed by atoms with E-state index in [2.05, 4.69) is 41.0 Å². The molecular weight excluding hydrogens is 232 g/mol. The van der Waals surface area contributed by atoms with Crippen molar-refractivity contribution in [1.29, 1.82) is 0 Å². The molecule has 0 aliphatic carbocycles. The molecule has 1 aliphatic heterocycles. The Kier molecular flexibility index (Phi) is 4.31. The maximum Gasteiger partial charge on any atom is 0.233 e. The van der Waals surface area contributed by atoms with Gasteiger partial charge in [-0.1, -0.05) is 0 Å². The van der Waals surface area contributed by atoms with Crippen molar-refractivity contribution >= 4 is 0 Å². The SMILES string of the molecule is Cc1nnc(C(C)N2CCOC(CN(C)C)C2)o1. The zero-order valence-corrected chi connectivity index (χ0v) is 11.6. The lowest BCUT2D eigenvalue weighted by Gasteiger charge is -2.36. The van der Waals surface area contributed by atoms with Gasteiger partial charge in [-0.25, -0.2) is 0 Å². The quantitative estimate of drug-likeness (QED) is 0.788. The third-order valence-electron chi connectivity index (χ3n) is 3.19. The second kappa shape index (κ2) is 5.77. The van der Waals surface area contributed by atoms with E-state index in [9.17, 15) is 0 Å². The molecule has 18 heavy (non-hydrogen) atoms. The summed E-state index contributed by atoms with van der Waals surface area (Å²) in [6.07, 6.45) is 0.250. The monoisotopic (exact) mass is 254 g/mol.